The molecular weight excluding hydrogens is 358 g/mol. The molecule has 2 amide bonds. The van der Waals surface area contributed by atoms with Gasteiger partial charge in [0.1, 0.15) is 6.54 Å². The lowest BCUT2D eigenvalue weighted by molar-refractivity contribution is -0.157. The summed E-state index contributed by atoms with van der Waals surface area (Å²) in [6.07, 6.45) is -4.78. The molecule has 23 heavy (non-hydrogen) atoms. The Morgan fingerprint density at radius 2 is 1.91 bits per heavy atom. The number of nitrogens with zero attached hydrogens (tertiary/aromatic N) is 1. The molecule has 1 saturated heterocycles. The lowest BCUT2D eigenvalue weighted by Crippen LogP contribution is -2.36. The summed E-state index contributed by atoms with van der Waals surface area (Å²) in [4.78, 5) is 24.3. The highest BCUT2D eigenvalue weighted by Crippen LogP contribution is 2.32. The van der Waals surface area contributed by atoms with Gasteiger partial charge >= 0.3 is 6.18 Å². The molecule has 1 fully saturated rings. The van der Waals surface area contributed by atoms with Gasteiger partial charge in [0.15, 0.2) is 0 Å². The summed E-state index contributed by atoms with van der Waals surface area (Å²) < 4.78 is 37.0. The molecule has 126 valence electrons. The van der Waals surface area contributed by atoms with Gasteiger partial charge in [-0.15, -0.1) is 0 Å². The molecule has 1 unspecified atom stereocenters. The Morgan fingerprint density at radius 1 is 1.35 bits per heavy atom. The summed E-state index contributed by atoms with van der Waals surface area (Å²) >= 11 is 11.7. The van der Waals surface area contributed by atoms with E-state index in [1.807, 2.05) is 0 Å². The standard InChI is InChI=1S/C13H12Cl2F3N3O2/c14-8-2-7(3-9(15)11(8)19)20-12(23)6-1-10(22)21(4-6)5-13(16,17)18/h2-3,6H,1,4-5,19H2,(H,20,23). The first kappa shape index (κ1) is 17.7. The van der Waals surface area contributed by atoms with Crippen LogP contribution in [0.1, 0.15) is 6.42 Å². The van der Waals surface area contributed by atoms with Crippen molar-refractivity contribution >= 4 is 46.4 Å². The second kappa shape index (κ2) is 6.45. The van der Waals surface area contributed by atoms with E-state index >= 15 is 0 Å². The Labute approximate surface area is 139 Å². The van der Waals surface area contributed by atoms with Crippen LogP contribution in [0.25, 0.3) is 0 Å². The molecule has 0 aromatic heterocycles. The number of hydrogen-bond donors (Lipinski definition) is 2. The van der Waals surface area contributed by atoms with Crippen LogP contribution in [-0.4, -0.2) is 36.0 Å². The number of nitrogen functional groups attached to an aromatic ring is 1. The number of carbonyl (C=O) groups is 2. The molecule has 3 N–H and O–H groups in total. The molecule has 1 aromatic carbocycles. The number of likely N-dealkylation sites (tertiary alicyclic amines) is 1. The zero-order valence-electron chi connectivity index (χ0n) is 11.6. The number of amides is 2. The van der Waals surface area contributed by atoms with Gasteiger partial charge < -0.3 is 16.0 Å². The molecule has 0 aliphatic carbocycles. The number of benzene rings is 1. The van der Waals surface area contributed by atoms with Crippen LogP contribution < -0.4 is 11.1 Å². The minimum atomic E-state index is -4.50. The van der Waals surface area contributed by atoms with Gasteiger partial charge in [0.05, 0.1) is 21.7 Å². The Hall–Kier alpha value is -1.67. The second-order valence-electron chi connectivity index (χ2n) is 5.13. The summed E-state index contributed by atoms with van der Waals surface area (Å²) in [5.41, 5.74) is 5.97. The van der Waals surface area contributed by atoms with Crippen molar-refractivity contribution < 1.29 is 22.8 Å². The van der Waals surface area contributed by atoms with Crippen LogP contribution >= 0.6 is 23.2 Å². The van der Waals surface area contributed by atoms with Gasteiger partial charge in [-0.25, -0.2) is 0 Å². The SMILES string of the molecule is Nc1c(Cl)cc(NC(=O)C2CC(=O)N(CC(F)(F)F)C2)cc1Cl. The summed E-state index contributed by atoms with van der Waals surface area (Å²) in [7, 11) is 0. The molecule has 1 aliphatic rings. The van der Waals surface area contributed by atoms with E-state index in [1.165, 1.54) is 12.1 Å². The van der Waals surface area contributed by atoms with Gasteiger partial charge in [-0.2, -0.15) is 13.2 Å². The van der Waals surface area contributed by atoms with Crippen molar-refractivity contribution in [1.29, 1.82) is 0 Å². The van der Waals surface area contributed by atoms with Crippen molar-refractivity contribution in [2.75, 3.05) is 24.1 Å². The van der Waals surface area contributed by atoms with Crippen LogP contribution in [-0.2, 0) is 9.59 Å². The van der Waals surface area contributed by atoms with E-state index in [2.05, 4.69) is 5.32 Å². The fourth-order valence-electron chi connectivity index (χ4n) is 2.22. The smallest absolute Gasteiger partial charge is 0.396 e. The lowest BCUT2D eigenvalue weighted by atomic mass is 10.1. The van der Waals surface area contributed by atoms with Crippen molar-refractivity contribution in [2.45, 2.75) is 12.6 Å². The first-order valence-corrected chi connectivity index (χ1v) is 7.22. The minimum absolute atomic E-state index is 0.133. The number of nitrogens with two attached hydrogens (primary N) is 1. The van der Waals surface area contributed by atoms with E-state index in [1.54, 1.807) is 0 Å². The number of hydrogen-bond acceptors (Lipinski definition) is 3. The van der Waals surface area contributed by atoms with Crippen LogP contribution in [0.4, 0.5) is 24.5 Å². The highest BCUT2D eigenvalue weighted by atomic mass is 35.5. The van der Waals surface area contributed by atoms with Gasteiger partial charge in [-0.3, -0.25) is 9.59 Å². The maximum atomic E-state index is 12.3. The molecule has 0 saturated carbocycles. The van der Waals surface area contributed by atoms with E-state index in [-0.39, 0.29) is 34.4 Å². The average Bonchev–Trinajstić information content (AvgIpc) is 2.75. The van der Waals surface area contributed by atoms with E-state index in [9.17, 15) is 22.8 Å². The van der Waals surface area contributed by atoms with Crippen molar-refractivity contribution in [3.05, 3.63) is 22.2 Å². The van der Waals surface area contributed by atoms with Crippen molar-refractivity contribution in [2.24, 2.45) is 5.92 Å². The van der Waals surface area contributed by atoms with Crippen LogP contribution in [0.3, 0.4) is 0 Å². The molecule has 1 aromatic rings. The number of alkyl halides is 3. The first-order chi connectivity index (χ1) is 10.6. The molecule has 0 bridgehead atoms. The minimum Gasteiger partial charge on any atom is -0.396 e. The third-order valence-electron chi connectivity index (χ3n) is 3.30. The summed E-state index contributed by atoms with van der Waals surface area (Å²) in [6, 6.07) is 2.73. The number of rotatable bonds is 3. The van der Waals surface area contributed by atoms with Crippen molar-refractivity contribution in [1.82, 2.24) is 4.90 Å². The third-order valence-corrected chi connectivity index (χ3v) is 3.93. The van der Waals surface area contributed by atoms with Gasteiger partial charge in [-0.05, 0) is 12.1 Å². The number of halogens is 5. The topological polar surface area (TPSA) is 75.4 Å². The number of anilines is 2. The van der Waals surface area contributed by atoms with Crippen LogP contribution in [0, 0.1) is 5.92 Å². The quantitative estimate of drug-likeness (QED) is 0.804. The van der Waals surface area contributed by atoms with E-state index in [0.717, 1.165) is 0 Å². The molecule has 1 heterocycles. The number of carbonyl (C=O) groups excluding carboxylic acids is 2. The highest BCUT2D eigenvalue weighted by molar-refractivity contribution is 6.39. The predicted molar refractivity (Wildman–Crippen MR) is 80.2 cm³/mol. The summed E-state index contributed by atoms with van der Waals surface area (Å²) in [5.74, 6) is -2.17. The maximum absolute atomic E-state index is 12.3. The Balaban J connectivity index is 2.04. The summed E-state index contributed by atoms with van der Waals surface area (Å²) in [5, 5.41) is 2.74. The molecule has 0 spiro atoms. The van der Waals surface area contributed by atoms with Gasteiger partial charge in [0, 0.05) is 18.7 Å². The molecular formula is C13H12Cl2F3N3O2. The zero-order valence-corrected chi connectivity index (χ0v) is 13.1. The lowest BCUT2D eigenvalue weighted by Gasteiger charge is -2.18. The fourth-order valence-corrected chi connectivity index (χ4v) is 2.70. The Bertz CT molecular complexity index is 629. The maximum Gasteiger partial charge on any atom is 0.406 e. The van der Waals surface area contributed by atoms with E-state index < -0.39 is 30.5 Å². The largest absolute Gasteiger partial charge is 0.406 e. The van der Waals surface area contributed by atoms with Gasteiger partial charge in [0.2, 0.25) is 11.8 Å². The summed E-state index contributed by atoms with van der Waals surface area (Å²) in [6.45, 7) is -1.66. The van der Waals surface area contributed by atoms with E-state index in [0.29, 0.717) is 4.90 Å². The van der Waals surface area contributed by atoms with E-state index in [4.69, 9.17) is 28.9 Å². The molecule has 1 atom stereocenters. The molecule has 1 aliphatic heterocycles. The molecule has 10 heteroatoms. The van der Waals surface area contributed by atoms with Crippen LogP contribution in [0.2, 0.25) is 10.0 Å². The van der Waals surface area contributed by atoms with Crippen LogP contribution in [0.15, 0.2) is 12.1 Å². The van der Waals surface area contributed by atoms with Crippen LogP contribution in [0.5, 0.6) is 0 Å². The zero-order chi connectivity index (χ0) is 17.4. The molecule has 2 rings (SSSR count). The van der Waals surface area contributed by atoms with Gasteiger partial charge in [-0.1, -0.05) is 23.2 Å². The second-order valence-corrected chi connectivity index (χ2v) is 5.95. The average molecular weight is 370 g/mol. The molecule has 0 radical (unpaired) electrons. The monoisotopic (exact) mass is 369 g/mol. The Kier molecular flexibility index (Phi) is 4.95. The Morgan fingerprint density at radius 3 is 2.43 bits per heavy atom. The van der Waals surface area contributed by atoms with Crippen molar-refractivity contribution in [3.8, 4) is 0 Å². The van der Waals surface area contributed by atoms with Crippen molar-refractivity contribution in [3.63, 3.8) is 0 Å². The first-order valence-electron chi connectivity index (χ1n) is 6.46. The predicted octanol–water partition coefficient (Wildman–Crippen LogP) is 2.92. The normalized spacial score (nSPS) is 18.4. The number of nitrogens with one attached hydrogen (secondary N) is 1. The third kappa shape index (κ3) is 4.42. The fraction of sp³-hybridized carbons (Fsp3) is 0.385. The van der Waals surface area contributed by atoms with Gasteiger partial charge in [0.25, 0.3) is 0 Å². The highest BCUT2D eigenvalue weighted by Gasteiger charge is 2.40. The molecule has 5 nitrogen and oxygen atoms in total.